The van der Waals surface area contributed by atoms with Gasteiger partial charge in [-0.15, -0.1) is 10.2 Å². The number of aryl methyl sites for hydroxylation is 1. The van der Waals surface area contributed by atoms with E-state index in [0.717, 1.165) is 23.4 Å². The summed E-state index contributed by atoms with van der Waals surface area (Å²) >= 11 is 3.49. The van der Waals surface area contributed by atoms with Gasteiger partial charge in [0.2, 0.25) is 0 Å². The molecule has 4 heteroatoms. The second-order valence-corrected chi connectivity index (χ2v) is 6.34. The van der Waals surface area contributed by atoms with Crippen LogP contribution in [0.2, 0.25) is 0 Å². The summed E-state index contributed by atoms with van der Waals surface area (Å²) < 4.78 is 2.23. The molecule has 0 N–H and O–H groups in total. The van der Waals surface area contributed by atoms with Crippen molar-refractivity contribution in [1.29, 1.82) is 0 Å². The van der Waals surface area contributed by atoms with Crippen molar-refractivity contribution in [2.75, 3.05) is 0 Å². The Kier molecular flexibility index (Phi) is 4.09. The van der Waals surface area contributed by atoms with E-state index in [-0.39, 0.29) is 5.54 Å². The molecule has 0 bridgehead atoms. The van der Waals surface area contributed by atoms with Crippen LogP contribution in [0, 0.1) is 6.92 Å². The molecule has 0 saturated carbocycles. The van der Waals surface area contributed by atoms with Crippen LogP contribution in [0.3, 0.4) is 0 Å². The standard InChI is InChI=1S/C15H20BrN3/c1-11-7-5-6-8-12(11)9-13-17-18-14(10-16)19(13)15(2,3)4/h5-8H,9-10H2,1-4H3. The Labute approximate surface area is 123 Å². The molecule has 1 aromatic heterocycles. The van der Waals surface area contributed by atoms with Gasteiger partial charge in [-0.25, -0.2) is 0 Å². The first-order valence-corrected chi connectivity index (χ1v) is 7.59. The smallest absolute Gasteiger partial charge is 0.144 e. The highest BCUT2D eigenvalue weighted by atomic mass is 79.9. The molecule has 2 aromatic rings. The number of nitrogens with zero attached hydrogens (tertiary/aromatic N) is 3. The maximum atomic E-state index is 4.37. The average molecular weight is 322 g/mol. The third-order valence-electron chi connectivity index (χ3n) is 3.20. The lowest BCUT2D eigenvalue weighted by atomic mass is 10.0. The van der Waals surface area contributed by atoms with E-state index >= 15 is 0 Å². The maximum Gasteiger partial charge on any atom is 0.144 e. The van der Waals surface area contributed by atoms with Gasteiger partial charge in [-0.2, -0.15) is 0 Å². The number of alkyl halides is 1. The molecule has 1 aromatic carbocycles. The third-order valence-corrected chi connectivity index (χ3v) is 3.70. The van der Waals surface area contributed by atoms with Gasteiger partial charge in [-0.3, -0.25) is 0 Å². The van der Waals surface area contributed by atoms with Crippen molar-refractivity contribution in [3.63, 3.8) is 0 Å². The lowest BCUT2D eigenvalue weighted by Gasteiger charge is -2.24. The van der Waals surface area contributed by atoms with Crippen LogP contribution in [0.4, 0.5) is 0 Å². The first kappa shape index (κ1) is 14.3. The number of hydrogen-bond donors (Lipinski definition) is 0. The number of aromatic nitrogens is 3. The zero-order valence-electron chi connectivity index (χ0n) is 11.9. The van der Waals surface area contributed by atoms with Crippen LogP contribution in [-0.2, 0) is 17.3 Å². The molecule has 0 aliphatic rings. The summed E-state index contributed by atoms with van der Waals surface area (Å²) in [6, 6.07) is 8.44. The van der Waals surface area contributed by atoms with Crippen LogP contribution >= 0.6 is 15.9 Å². The number of rotatable bonds is 3. The largest absolute Gasteiger partial charge is 0.309 e. The third kappa shape index (κ3) is 3.06. The van der Waals surface area contributed by atoms with Crippen molar-refractivity contribution in [1.82, 2.24) is 14.8 Å². The van der Waals surface area contributed by atoms with Crippen molar-refractivity contribution in [2.45, 2.75) is 45.0 Å². The second kappa shape index (κ2) is 5.45. The van der Waals surface area contributed by atoms with Gasteiger partial charge in [-0.1, -0.05) is 40.2 Å². The Bertz CT molecular complexity index is 567. The molecular formula is C15H20BrN3. The van der Waals surface area contributed by atoms with E-state index in [9.17, 15) is 0 Å². The summed E-state index contributed by atoms with van der Waals surface area (Å²) in [6.07, 6.45) is 0.823. The SMILES string of the molecule is Cc1ccccc1Cc1nnc(CBr)n1C(C)(C)C. The highest BCUT2D eigenvalue weighted by molar-refractivity contribution is 9.08. The van der Waals surface area contributed by atoms with E-state index in [2.05, 4.69) is 82.7 Å². The second-order valence-electron chi connectivity index (χ2n) is 5.78. The summed E-state index contributed by atoms with van der Waals surface area (Å²) in [5, 5.41) is 9.39. The lowest BCUT2D eigenvalue weighted by molar-refractivity contribution is 0.375. The Morgan fingerprint density at radius 1 is 1.11 bits per heavy atom. The molecule has 0 aliphatic heterocycles. The summed E-state index contributed by atoms with van der Waals surface area (Å²) in [4.78, 5) is 0. The molecule has 0 fully saturated rings. The fraction of sp³-hybridized carbons (Fsp3) is 0.467. The lowest BCUT2D eigenvalue weighted by Crippen LogP contribution is -2.26. The quantitative estimate of drug-likeness (QED) is 0.804. The number of benzene rings is 1. The van der Waals surface area contributed by atoms with E-state index in [1.165, 1.54) is 11.1 Å². The van der Waals surface area contributed by atoms with E-state index in [1.807, 2.05) is 0 Å². The molecule has 0 atom stereocenters. The Morgan fingerprint density at radius 2 is 1.74 bits per heavy atom. The van der Waals surface area contributed by atoms with Crippen LogP contribution in [0.5, 0.6) is 0 Å². The Hall–Kier alpha value is -1.16. The number of hydrogen-bond acceptors (Lipinski definition) is 2. The molecule has 0 radical (unpaired) electrons. The zero-order chi connectivity index (χ0) is 14.0. The molecule has 2 rings (SSSR count). The Morgan fingerprint density at radius 3 is 2.32 bits per heavy atom. The van der Waals surface area contributed by atoms with E-state index in [0.29, 0.717) is 0 Å². The molecule has 102 valence electrons. The van der Waals surface area contributed by atoms with Crippen LogP contribution in [0.15, 0.2) is 24.3 Å². The van der Waals surface area contributed by atoms with Gasteiger partial charge in [0.15, 0.2) is 0 Å². The minimum atomic E-state index is -0.00930. The van der Waals surface area contributed by atoms with Crippen LogP contribution < -0.4 is 0 Å². The van der Waals surface area contributed by atoms with Crippen molar-refractivity contribution < 1.29 is 0 Å². The van der Waals surface area contributed by atoms with Crippen molar-refractivity contribution >= 4 is 15.9 Å². The van der Waals surface area contributed by atoms with Gasteiger partial charge in [0.1, 0.15) is 11.6 Å². The maximum absolute atomic E-state index is 4.37. The van der Waals surface area contributed by atoms with Gasteiger partial charge >= 0.3 is 0 Å². The van der Waals surface area contributed by atoms with Crippen LogP contribution in [0.25, 0.3) is 0 Å². The predicted molar refractivity (Wildman–Crippen MR) is 81.6 cm³/mol. The molecule has 1 heterocycles. The van der Waals surface area contributed by atoms with Gasteiger partial charge < -0.3 is 4.57 Å². The summed E-state index contributed by atoms with van der Waals surface area (Å²) in [5.41, 5.74) is 2.60. The minimum absolute atomic E-state index is 0.00930. The molecule has 3 nitrogen and oxygen atoms in total. The molecule has 0 saturated heterocycles. The summed E-state index contributed by atoms with van der Waals surface area (Å²) in [6.45, 7) is 8.69. The monoisotopic (exact) mass is 321 g/mol. The topological polar surface area (TPSA) is 30.7 Å². The van der Waals surface area contributed by atoms with E-state index in [1.54, 1.807) is 0 Å². The fourth-order valence-electron chi connectivity index (χ4n) is 2.31. The highest BCUT2D eigenvalue weighted by Crippen LogP contribution is 2.22. The normalized spacial score (nSPS) is 11.8. The Balaban J connectivity index is 2.42. The van der Waals surface area contributed by atoms with E-state index in [4.69, 9.17) is 0 Å². The van der Waals surface area contributed by atoms with Crippen LogP contribution in [-0.4, -0.2) is 14.8 Å². The van der Waals surface area contributed by atoms with Gasteiger partial charge in [0.25, 0.3) is 0 Å². The zero-order valence-corrected chi connectivity index (χ0v) is 13.5. The molecule has 0 spiro atoms. The molecule has 0 aliphatic carbocycles. The molecule has 0 amide bonds. The van der Waals surface area contributed by atoms with Crippen LogP contribution in [0.1, 0.15) is 43.5 Å². The number of halogens is 1. The molecule has 19 heavy (non-hydrogen) atoms. The first-order valence-electron chi connectivity index (χ1n) is 6.47. The van der Waals surface area contributed by atoms with Gasteiger partial charge in [0, 0.05) is 12.0 Å². The predicted octanol–water partition coefficient (Wildman–Crippen LogP) is 3.83. The van der Waals surface area contributed by atoms with Gasteiger partial charge in [-0.05, 0) is 38.8 Å². The van der Waals surface area contributed by atoms with E-state index < -0.39 is 0 Å². The molecular weight excluding hydrogens is 302 g/mol. The van der Waals surface area contributed by atoms with Crippen molar-refractivity contribution in [2.24, 2.45) is 0 Å². The summed E-state index contributed by atoms with van der Waals surface area (Å²) in [5.74, 6) is 2.01. The van der Waals surface area contributed by atoms with Crippen molar-refractivity contribution in [3.8, 4) is 0 Å². The van der Waals surface area contributed by atoms with Crippen molar-refractivity contribution in [3.05, 3.63) is 47.0 Å². The molecule has 0 unspecified atom stereocenters. The minimum Gasteiger partial charge on any atom is -0.309 e. The van der Waals surface area contributed by atoms with Gasteiger partial charge in [0.05, 0.1) is 5.33 Å². The highest BCUT2D eigenvalue weighted by Gasteiger charge is 2.22. The average Bonchev–Trinajstić information content (AvgIpc) is 2.75. The first-order chi connectivity index (χ1) is 8.93. The summed E-state index contributed by atoms with van der Waals surface area (Å²) in [7, 11) is 0. The fourth-order valence-corrected chi connectivity index (χ4v) is 2.67.